The Morgan fingerprint density at radius 2 is 2.50 bits per heavy atom. The Morgan fingerprint density at radius 3 is 3.17 bits per heavy atom. The standard InChI is InChI=1S/C9H16N2O/c1-9-8-11(6-7-12-9)5-3-2-4-10/h9H,2-3,5-8H2,1H3. The van der Waals surface area contributed by atoms with Crippen molar-refractivity contribution >= 4 is 0 Å². The molecule has 1 rings (SSSR count). The molecular formula is C9H16N2O. The first-order chi connectivity index (χ1) is 5.83. The van der Waals surface area contributed by atoms with Crippen LogP contribution in [0.15, 0.2) is 0 Å². The lowest BCUT2D eigenvalue weighted by Crippen LogP contribution is -2.41. The second-order valence-corrected chi connectivity index (χ2v) is 3.24. The van der Waals surface area contributed by atoms with Gasteiger partial charge in [-0.3, -0.25) is 4.90 Å². The minimum Gasteiger partial charge on any atom is -0.376 e. The number of hydrogen-bond acceptors (Lipinski definition) is 3. The third-order valence-corrected chi connectivity index (χ3v) is 2.09. The smallest absolute Gasteiger partial charge is 0.0674 e. The fourth-order valence-corrected chi connectivity index (χ4v) is 1.48. The number of nitrogens with zero attached hydrogens (tertiary/aromatic N) is 2. The monoisotopic (exact) mass is 168 g/mol. The van der Waals surface area contributed by atoms with Crippen LogP contribution in [0.25, 0.3) is 0 Å². The molecule has 0 radical (unpaired) electrons. The highest BCUT2D eigenvalue weighted by molar-refractivity contribution is 4.72. The van der Waals surface area contributed by atoms with Crippen molar-refractivity contribution in [2.45, 2.75) is 25.9 Å². The van der Waals surface area contributed by atoms with Crippen molar-refractivity contribution in [1.82, 2.24) is 4.90 Å². The maximum atomic E-state index is 8.35. The summed E-state index contributed by atoms with van der Waals surface area (Å²) in [6.07, 6.45) is 2.02. The number of rotatable bonds is 3. The average Bonchev–Trinajstić information content (AvgIpc) is 2.05. The molecule has 0 saturated carbocycles. The van der Waals surface area contributed by atoms with Crippen LogP contribution in [0.2, 0.25) is 0 Å². The molecule has 0 amide bonds. The fourth-order valence-electron chi connectivity index (χ4n) is 1.48. The van der Waals surface area contributed by atoms with Gasteiger partial charge >= 0.3 is 0 Å². The Bertz CT molecular complexity index is 164. The largest absolute Gasteiger partial charge is 0.376 e. The molecule has 1 heterocycles. The van der Waals surface area contributed by atoms with Gasteiger partial charge in [-0.1, -0.05) is 0 Å². The number of morpholine rings is 1. The van der Waals surface area contributed by atoms with E-state index in [1.807, 2.05) is 0 Å². The van der Waals surface area contributed by atoms with E-state index in [0.29, 0.717) is 12.5 Å². The molecule has 68 valence electrons. The Labute approximate surface area is 73.9 Å². The molecule has 0 N–H and O–H groups in total. The van der Waals surface area contributed by atoms with Crippen LogP contribution in [0.1, 0.15) is 19.8 Å². The molecule has 0 spiro atoms. The van der Waals surface area contributed by atoms with Crippen LogP contribution in [0.3, 0.4) is 0 Å². The van der Waals surface area contributed by atoms with Gasteiger partial charge in [0.05, 0.1) is 18.8 Å². The summed E-state index contributed by atoms with van der Waals surface area (Å²) in [4.78, 5) is 2.37. The maximum Gasteiger partial charge on any atom is 0.0674 e. The van der Waals surface area contributed by atoms with Crippen molar-refractivity contribution in [3.05, 3.63) is 0 Å². The Hall–Kier alpha value is -0.590. The summed E-state index contributed by atoms with van der Waals surface area (Å²) in [6, 6.07) is 2.16. The van der Waals surface area contributed by atoms with Crippen LogP contribution in [0, 0.1) is 11.3 Å². The number of nitriles is 1. The molecule has 0 aromatic rings. The number of unbranched alkanes of at least 4 members (excludes halogenated alkanes) is 1. The van der Waals surface area contributed by atoms with E-state index >= 15 is 0 Å². The van der Waals surface area contributed by atoms with Crippen LogP contribution in [-0.2, 0) is 4.74 Å². The zero-order valence-electron chi connectivity index (χ0n) is 7.62. The lowest BCUT2D eigenvalue weighted by Gasteiger charge is -2.30. The van der Waals surface area contributed by atoms with Crippen LogP contribution >= 0.6 is 0 Å². The quantitative estimate of drug-likeness (QED) is 0.590. The minimum absolute atomic E-state index is 0.362. The average molecular weight is 168 g/mol. The van der Waals surface area contributed by atoms with Crippen LogP contribution in [0.5, 0.6) is 0 Å². The highest BCUT2D eigenvalue weighted by Gasteiger charge is 2.15. The van der Waals surface area contributed by atoms with Crippen molar-refractivity contribution in [3.63, 3.8) is 0 Å². The highest BCUT2D eigenvalue weighted by atomic mass is 16.5. The van der Waals surface area contributed by atoms with Crippen molar-refractivity contribution < 1.29 is 4.74 Å². The van der Waals surface area contributed by atoms with Gasteiger partial charge in [0.25, 0.3) is 0 Å². The molecule has 1 saturated heterocycles. The summed E-state index contributed by atoms with van der Waals surface area (Å²) < 4.78 is 5.41. The van der Waals surface area contributed by atoms with Crippen molar-refractivity contribution in [3.8, 4) is 6.07 Å². The number of ether oxygens (including phenoxy) is 1. The molecule has 0 aliphatic carbocycles. The Morgan fingerprint density at radius 1 is 1.67 bits per heavy atom. The molecule has 0 bridgehead atoms. The molecule has 3 nitrogen and oxygen atoms in total. The van der Waals surface area contributed by atoms with E-state index in [4.69, 9.17) is 10.00 Å². The molecule has 0 aromatic heterocycles. The predicted octanol–water partition coefficient (Wildman–Crippen LogP) is 1.01. The van der Waals surface area contributed by atoms with Gasteiger partial charge in [0.15, 0.2) is 0 Å². The maximum absolute atomic E-state index is 8.35. The molecule has 1 aliphatic rings. The van der Waals surface area contributed by atoms with E-state index in [-0.39, 0.29) is 0 Å². The molecule has 1 aliphatic heterocycles. The second-order valence-electron chi connectivity index (χ2n) is 3.24. The van der Waals surface area contributed by atoms with Gasteiger partial charge in [-0.15, -0.1) is 0 Å². The van der Waals surface area contributed by atoms with Gasteiger partial charge in [-0.2, -0.15) is 5.26 Å². The fraction of sp³-hybridized carbons (Fsp3) is 0.889. The van der Waals surface area contributed by atoms with E-state index in [1.54, 1.807) is 0 Å². The van der Waals surface area contributed by atoms with Gasteiger partial charge in [0.2, 0.25) is 0 Å². The first-order valence-electron chi connectivity index (χ1n) is 4.54. The van der Waals surface area contributed by atoms with E-state index in [2.05, 4.69) is 17.9 Å². The van der Waals surface area contributed by atoms with Crippen molar-refractivity contribution in [2.24, 2.45) is 0 Å². The normalized spacial score (nSPS) is 25.2. The molecule has 1 atom stereocenters. The summed E-state index contributed by atoms with van der Waals surface area (Å²) in [7, 11) is 0. The third-order valence-electron chi connectivity index (χ3n) is 2.09. The summed E-state index contributed by atoms with van der Waals surface area (Å²) >= 11 is 0. The summed E-state index contributed by atoms with van der Waals surface area (Å²) in [6.45, 7) is 6.02. The Balaban J connectivity index is 2.11. The number of hydrogen-bond donors (Lipinski definition) is 0. The summed E-state index contributed by atoms with van der Waals surface area (Å²) in [5.74, 6) is 0. The van der Waals surface area contributed by atoms with E-state index in [9.17, 15) is 0 Å². The van der Waals surface area contributed by atoms with Gasteiger partial charge in [0.1, 0.15) is 0 Å². The van der Waals surface area contributed by atoms with Gasteiger partial charge < -0.3 is 4.74 Å². The van der Waals surface area contributed by atoms with Crippen LogP contribution < -0.4 is 0 Å². The molecule has 1 unspecified atom stereocenters. The first-order valence-corrected chi connectivity index (χ1v) is 4.54. The molecule has 0 aromatic carbocycles. The van der Waals surface area contributed by atoms with E-state index in [0.717, 1.165) is 32.7 Å². The first kappa shape index (κ1) is 9.50. The third kappa shape index (κ3) is 3.21. The summed E-state index contributed by atoms with van der Waals surface area (Å²) in [5, 5.41) is 8.35. The zero-order valence-corrected chi connectivity index (χ0v) is 7.62. The van der Waals surface area contributed by atoms with Crippen LogP contribution in [-0.4, -0.2) is 37.2 Å². The van der Waals surface area contributed by atoms with Crippen LogP contribution in [0.4, 0.5) is 0 Å². The molecular weight excluding hydrogens is 152 g/mol. The summed E-state index contributed by atoms with van der Waals surface area (Å²) in [5.41, 5.74) is 0. The lowest BCUT2D eigenvalue weighted by atomic mass is 10.2. The SMILES string of the molecule is CC1CN(CCCC#N)CCO1. The predicted molar refractivity (Wildman–Crippen MR) is 46.7 cm³/mol. The van der Waals surface area contributed by atoms with Gasteiger partial charge in [-0.05, 0) is 19.9 Å². The highest BCUT2D eigenvalue weighted by Crippen LogP contribution is 2.05. The minimum atomic E-state index is 0.362. The molecule has 3 heteroatoms. The van der Waals surface area contributed by atoms with Gasteiger partial charge in [-0.25, -0.2) is 0 Å². The molecule has 1 fully saturated rings. The molecule has 12 heavy (non-hydrogen) atoms. The Kier molecular flexibility index (Phi) is 4.06. The zero-order chi connectivity index (χ0) is 8.81. The van der Waals surface area contributed by atoms with Crippen molar-refractivity contribution in [1.29, 1.82) is 5.26 Å². The van der Waals surface area contributed by atoms with E-state index < -0.39 is 0 Å². The second kappa shape index (κ2) is 5.13. The van der Waals surface area contributed by atoms with Crippen molar-refractivity contribution in [2.75, 3.05) is 26.2 Å². The lowest BCUT2D eigenvalue weighted by molar-refractivity contribution is -0.0183. The van der Waals surface area contributed by atoms with Gasteiger partial charge in [0, 0.05) is 19.5 Å². The van der Waals surface area contributed by atoms with E-state index in [1.165, 1.54) is 0 Å². The topological polar surface area (TPSA) is 36.3 Å².